The maximum atomic E-state index is 11.5. The summed E-state index contributed by atoms with van der Waals surface area (Å²) in [5.74, 6) is -0.135. The summed E-state index contributed by atoms with van der Waals surface area (Å²) in [5, 5.41) is 8.44. The molecule has 1 fully saturated rings. The van der Waals surface area contributed by atoms with Gasteiger partial charge in [0.1, 0.15) is 5.38 Å². The van der Waals surface area contributed by atoms with E-state index in [2.05, 4.69) is 0 Å². The molecule has 0 saturated carbocycles. The Morgan fingerprint density at radius 1 is 1.85 bits per heavy atom. The van der Waals surface area contributed by atoms with Crippen molar-refractivity contribution in [2.24, 2.45) is 0 Å². The van der Waals surface area contributed by atoms with Crippen molar-refractivity contribution in [2.45, 2.75) is 18.3 Å². The minimum Gasteiger partial charge on any atom is -0.394 e. The number of alkyl halides is 1. The first-order valence-corrected chi connectivity index (χ1v) is 4.73. The zero-order chi connectivity index (χ0) is 9.84. The molecule has 1 saturated heterocycles. The van der Waals surface area contributed by atoms with Crippen LogP contribution >= 0.6 is 11.6 Å². The quantitative estimate of drug-likeness (QED) is 0.640. The SMILES string of the molecule is CC(Cl)C(=O)N1CCOCC1CO. The number of amides is 1. The summed E-state index contributed by atoms with van der Waals surface area (Å²) in [6.45, 7) is 2.99. The maximum absolute atomic E-state index is 11.5. The molecule has 1 aliphatic heterocycles. The highest BCUT2D eigenvalue weighted by Crippen LogP contribution is 2.10. The lowest BCUT2D eigenvalue weighted by atomic mass is 10.2. The molecule has 0 aromatic carbocycles. The smallest absolute Gasteiger partial charge is 0.240 e. The van der Waals surface area contributed by atoms with Crippen LogP contribution in [0.15, 0.2) is 0 Å². The Kier molecular flexibility index (Phi) is 3.96. The summed E-state index contributed by atoms with van der Waals surface area (Å²) in [7, 11) is 0. The van der Waals surface area contributed by atoms with Gasteiger partial charge >= 0.3 is 0 Å². The third kappa shape index (κ3) is 2.56. The van der Waals surface area contributed by atoms with Crippen LogP contribution in [0.4, 0.5) is 0 Å². The van der Waals surface area contributed by atoms with Gasteiger partial charge in [-0.15, -0.1) is 11.6 Å². The summed E-state index contributed by atoms with van der Waals surface area (Å²) in [6, 6.07) is -0.234. The number of hydrogen-bond donors (Lipinski definition) is 1. The molecular formula is C8H14ClNO3. The standard InChI is InChI=1S/C8H14ClNO3/c1-6(9)8(12)10-2-3-13-5-7(10)4-11/h6-7,11H,2-5H2,1H3. The lowest BCUT2D eigenvalue weighted by Gasteiger charge is -2.35. The molecule has 1 N–H and O–H groups in total. The molecule has 0 radical (unpaired) electrons. The molecule has 4 nitrogen and oxygen atoms in total. The van der Waals surface area contributed by atoms with E-state index in [9.17, 15) is 4.79 Å². The van der Waals surface area contributed by atoms with Gasteiger partial charge in [-0.25, -0.2) is 0 Å². The first-order chi connectivity index (χ1) is 6.16. The number of hydrogen-bond acceptors (Lipinski definition) is 3. The second-order valence-electron chi connectivity index (χ2n) is 3.06. The first kappa shape index (κ1) is 10.8. The van der Waals surface area contributed by atoms with Crippen LogP contribution in [0.5, 0.6) is 0 Å². The van der Waals surface area contributed by atoms with Crippen molar-refractivity contribution in [3.05, 3.63) is 0 Å². The topological polar surface area (TPSA) is 49.8 Å². The van der Waals surface area contributed by atoms with Gasteiger partial charge in [0.15, 0.2) is 0 Å². The molecule has 1 heterocycles. The van der Waals surface area contributed by atoms with E-state index >= 15 is 0 Å². The summed E-state index contributed by atoms with van der Waals surface area (Å²) in [5.41, 5.74) is 0. The molecule has 13 heavy (non-hydrogen) atoms. The molecule has 0 spiro atoms. The average molecular weight is 208 g/mol. The summed E-state index contributed by atoms with van der Waals surface area (Å²) < 4.78 is 5.14. The molecular weight excluding hydrogens is 194 g/mol. The Balaban J connectivity index is 2.58. The molecule has 0 aliphatic carbocycles. The normalized spacial score (nSPS) is 25.8. The zero-order valence-corrected chi connectivity index (χ0v) is 8.33. The van der Waals surface area contributed by atoms with Crippen molar-refractivity contribution in [3.8, 4) is 0 Å². The van der Waals surface area contributed by atoms with Gasteiger partial charge in [-0.3, -0.25) is 4.79 Å². The van der Waals surface area contributed by atoms with Crippen LogP contribution in [-0.4, -0.2) is 53.7 Å². The number of rotatable bonds is 2. The third-order valence-corrected chi connectivity index (χ3v) is 2.25. The van der Waals surface area contributed by atoms with Crippen molar-refractivity contribution >= 4 is 17.5 Å². The van der Waals surface area contributed by atoms with Gasteiger partial charge in [-0.2, -0.15) is 0 Å². The highest BCUT2D eigenvalue weighted by Gasteiger charge is 2.28. The van der Waals surface area contributed by atoms with E-state index < -0.39 is 5.38 Å². The van der Waals surface area contributed by atoms with Crippen LogP contribution in [0.25, 0.3) is 0 Å². The van der Waals surface area contributed by atoms with Crippen LogP contribution in [0.1, 0.15) is 6.92 Å². The van der Waals surface area contributed by atoms with Gasteiger partial charge < -0.3 is 14.7 Å². The molecule has 1 rings (SSSR count). The molecule has 5 heteroatoms. The van der Waals surface area contributed by atoms with Crippen molar-refractivity contribution < 1.29 is 14.6 Å². The number of carbonyl (C=O) groups excluding carboxylic acids is 1. The van der Waals surface area contributed by atoms with Crippen LogP contribution in [-0.2, 0) is 9.53 Å². The van der Waals surface area contributed by atoms with Gasteiger partial charge in [0, 0.05) is 6.54 Å². The maximum Gasteiger partial charge on any atom is 0.240 e. The number of nitrogens with zero attached hydrogens (tertiary/aromatic N) is 1. The number of aliphatic hydroxyl groups excluding tert-OH is 1. The Morgan fingerprint density at radius 2 is 2.54 bits per heavy atom. The molecule has 1 amide bonds. The van der Waals surface area contributed by atoms with Crippen LogP contribution in [0.3, 0.4) is 0 Å². The lowest BCUT2D eigenvalue weighted by molar-refractivity contribution is -0.140. The van der Waals surface area contributed by atoms with E-state index in [0.717, 1.165) is 0 Å². The van der Waals surface area contributed by atoms with Crippen molar-refractivity contribution in [2.75, 3.05) is 26.4 Å². The van der Waals surface area contributed by atoms with Gasteiger partial charge in [-0.1, -0.05) is 0 Å². The fourth-order valence-electron chi connectivity index (χ4n) is 1.32. The highest BCUT2D eigenvalue weighted by atomic mass is 35.5. The zero-order valence-electron chi connectivity index (χ0n) is 7.57. The number of morpholine rings is 1. The van der Waals surface area contributed by atoms with Gasteiger partial charge in [0.05, 0.1) is 25.9 Å². The minimum atomic E-state index is -0.535. The van der Waals surface area contributed by atoms with Crippen LogP contribution in [0.2, 0.25) is 0 Å². The van der Waals surface area contributed by atoms with Gasteiger partial charge in [0.25, 0.3) is 0 Å². The lowest BCUT2D eigenvalue weighted by Crippen LogP contribution is -2.52. The van der Waals surface area contributed by atoms with Crippen molar-refractivity contribution in [1.29, 1.82) is 0 Å². The van der Waals surface area contributed by atoms with E-state index in [4.69, 9.17) is 21.4 Å². The van der Waals surface area contributed by atoms with Gasteiger partial charge in [0.2, 0.25) is 5.91 Å². The Hall–Kier alpha value is -0.320. The molecule has 76 valence electrons. The molecule has 2 unspecified atom stereocenters. The summed E-state index contributed by atoms with van der Waals surface area (Å²) in [6.07, 6.45) is 0. The second kappa shape index (κ2) is 4.79. The average Bonchev–Trinajstić information content (AvgIpc) is 2.16. The van der Waals surface area contributed by atoms with Crippen LogP contribution < -0.4 is 0 Å². The van der Waals surface area contributed by atoms with Crippen molar-refractivity contribution in [3.63, 3.8) is 0 Å². The predicted molar refractivity (Wildman–Crippen MR) is 48.7 cm³/mol. The molecule has 1 aliphatic rings. The van der Waals surface area contributed by atoms with E-state index in [0.29, 0.717) is 19.8 Å². The highest BCUT2D eigenvalue weighted by molar-refractivity contribution is 6.30. The predicted octanol–water partition coefficient (Wildman–Crippen LogP) is -0.167. The molecule has 2 atom stereocenters. The fraction of sp³-hybridized carbons (Fsp3) is 0.875. The Labute approximate surface area is 82.4 Å². The fourth-order valence-corrected chi connectivity index (χ4v) is 1.45. The number of ether oxygens (including phenoxy) is 1. The molecule has 0 aromatic heterocycles. The van der Waals surface area contributed by atoms with Crippen molar-refractivity contribution in [1.82, 2.24) is 4.90 Å². The summed E-state index contributed by atoms with van der Waals surface area (Å²) in [4.78, 5) is 13.1. The van der Waals surface area contributed by atoms with E-state index in [1.807, 2.05) is 0 Å². The minimum absolute atomic E-state index is 0.0741. The first-order valence-electron chi connectivity index (χ1n) is 4.30. The van der Waals surface area contributed by atoms with Crippen LogP contribution in [0, 0.1) is 0 Å². The second-order valence-corrected chi connectivity index (χ2v) is 3.71. The monoisotopic (exact) mass is 207 g/mol. The largest absolute Gasteiger partial charge is 0.394 e. The Bertz CT molecular complexity index is 186. The van der Waals surface area contributed by atoms with E-state index in [1.54, 1.807) is 11.8 Å². The molecule has 0 bridgehead atoms. The van der Waals surface area contributed by atoms with Gasteiger partial charge in [-0.05, 0) is 6.92 Å². The van der Waals surface area contributed by atoms with E-state index in [-0.39, 0.29) is 18.6 Å². The number of carbonyl (C=O) groups is 1. The number of halogens is 1. The molecule has 0 aromatic rings. The van der Waals surface area contributed by atoms with E-state index in [1.165, 1.54) is 0 Å². The Morgan fingerprint density at radius 3 is 3.08 bits per heavy atom. The third-order valence-electron chi connectivity index (χ3n) is 2.06. The number of aliphatic hydroxyl groups is 1. The summed E-state index contributed by atoms with van der Waals surface area (Å²) >= 11 is 5.67.